The summed E-state index contributed by atoms with van der Waals surface area (Å²) in [5, 5.41) is 6.97. The summed E-state index contributed by atoms with van der Waals surface area (Å²) in [5.74, 6) is 2.51. The number of imidazole rings is 1. The second kappa shape index (κ2) is 6.68. The van der Waals surface area contributed by atoms with Crippen LogP contribution >= 0.6 is 0 Å². The number of aryl methyl sites for hydroxylation is 2. The van der Waals surface area contributed by atoms with Crippen LogP contribution in [0.25, 0.3) is 22.2 Å². The van der Waals surface area contributed by atoms with Gasteiger partial charge >= 0.3 is 6.09 Å². The van der Waals surface area contributed by atoms with Crippen LogP contribution in [0.3, 0.4) is 0 Å². The van der Waals surface area contributed by atoms with Crippen molar-refractivity contribution in [2.24, 2.45) is 0 Å². The number of benzene rings is 1. The van der Waals surface area contributed by atoms with Crippen molar-refractivity contribution in [2.45, 2.75) is 32.9 Å². The number of ether oxygens (including phenoxy) is 2. The number of nitrogens with one attached hydrogen (secondary N) is 1. The lowest BCUT2D eigenvalue weighted by Crippen LogP contribution is -2.37. The number of methoxy groups -OCH3 is 1. The van der Waals surface area contributed by atoms with Gasteiger partial charge in [0.15, 0.2) is 5.75 Å². The third-order valence-corrected chi connectivity index (χ3v) is 5.68. The lowest BCUT2D eigenvalue weighted by atomic mass is 10.0. The molecule has 1 amide bonds. The van der Waals surface area contributed by atoms with Gasteiger partial charge in [0.2, 0.25) is 5.95 Å². The van der Waals surface area contributed by atoms with Crippen molar-refractivity contribution in [3.05, 3.63) is 23.6 Å². The zero-order valence-electron chi connectivity index (χ0n) is 16.7. The second-order valence-corrected chi connectivity index (χ2v) is 7.49. The fourth-order valence-corrected chi connectivity index (χ4v) is 4.37. The topological polar surface area (TPSA) is 94.6 Å². The fraction of sp³-hybridized carbons (Fsp3) is 0.450. The average Bonchev–Trinajstić information content (AvgIpc) is 3.42. The predicted octanol–water partition coefficient (Wildman–Crippen LogP) is 2.64. The predicted molar refractivity (Wildman–Crippen MR) is 106 cm³/mol. The molecule has 1 N–H and O–H groups in total. The van der Waals surface area contributed by atoms with Crippen LogP contribution in [0.1, 0.15) is 17.9 Å². The van der Waals surface area contributed by atoms with Crippen molar-refractivity contribution in [2.75, 3.05) is 31.7 Å². The maximum absolute atomic E-state index is 11.5. The minimum Gasteiger partial charge on any atom is -0.489 e. The zero-order chi connectivity index (χ0) is 20.1. The van der Waals surface area contributed by atoms with Crippen molar-refractivity contribution >= 4 is 23.1 Å². The van der Waals surface area contributed by atoms with Crippen LogP contribution in [0.4, 0.5) is 10.7 Å². The van der Waals surface area contributed by atoms with Gasteiger partial charge in [-0.1, -0.05) is 5.16 Å². The molecule has 0 saturated carbocycles. The van der Waals surface area contributed by atoms with Gasteiger partial charge < -0.3 is 28.8 Å². The zero-order valence-corrected chi connectivity index (χ0v) is 16.7. The molecule has 1 saturated heterocycles. The van der Waals surface area contributed by atoms with Crippen LogP contribution in [-0.4, -0.2) is 53.6 Å². The van der Waals surface area contributed by atoms with Gasteiger partial charge in [0.25, 0.3) is 0 Å². The first-order valence-electron chi connectivity index (χ1n) is 9.75. The molecule has 1 atom stereocenters. The second-order valence-electron chi connectivity index (χ2n) is 7.49. The van der Waals surface area contributed by atoms with E-state index in [2.05, 4.69) is 19.9 Å². The molecule has 2 aromatic heterocycles. The maximum atomic E-state index is 11.5. The first-order chi connectivity index (χ1) is 14.1. The third kappa shape index (κ3) is 2.80. The molecule has 1 fully saturated rings. The standard InChI is InChI=1S/C20H23N5O4/c1-11-16(12(2)29-23-11)14-4-5-15-17-18(14)28-9-8-25(17)19(22-15)24-7-6-13(10-24)21-20(26)27-3/h4-5,13H,6-10H2,1-3H3,(H,21,26). The Hall–Kier alpha value is -3.23. The highest BCUT2D eigenvalue weighted by atomic mass is 16.5. The molecule has 0 bridgehead atoms. The molecular formula is C20H23N5O4. The van der Waals surface area contributed by atoms with E-state index in [4.69, 9.17) is 19.0 Å². The van der Waals surface area contributed by atoms with Crippen molar-refractivity contribution in [1.29, 1.82) is 0 Å². The Bertz CT molecular complexity index is 1080. The highest BCUT2D eigenvalue weighted by molar-refractivity contribution is 5.93. The lowest BCUT2D eigenvalue weighted by molar-refractivity contribution is 0.167. The monoisotopic (exact) mass is 397 g/mol. The minimum atomic E-state index is -0.397. The van der Waals surface area contributed by atoms with Crippen LogP contribution < -0.4 is 15.0 Å². The smallest absolute Gasteiger partial charge is 0.407 e. The number of rotatable bonds is 3. The molecular weight excluding hydrogens is 374 g/mol. The molecule has 0 spiro atoms. The number of carbonyl (C=O) groups excluding carboxylic acids is 1. The molecule has 152 valence electrons. The van der Waals surface area contributed by atoms with E-state index in [9.17, 15) is 4.79 Å². The number of carbonyl (C=O) groups is 1. The molecule has 9 nitrogen and oxygen atoms in total. The molecule has 3 aromatic rings. The Labute approximate surface area is 167 Å². The van der Waals surface area contributed by atoms with Crippen LogP contribution in [0.2, 0.25) is 0 Å². The van der Waals surface area contributed by atoms with E-state index < -0.39 is 6.09 Å². The SMILES string of the molecule is COC(=O)NC1CCN(c2nc3ccc(-c4c(C)noc4C)c4c3n2CCO4)C1. The third-order valence-electron chi connectivity index (χ3n) is 5.68. The van der Waals surface area contributed by atoms with Gasteiger partial charge in [-0.2, -0.15) is 0 Å². The molecule has 0 radical (unpaired) electrons. The van der Waals surface area contributed by atoms with Gasteiger partial charge in [-0.25, -0.2) is 9.78 Å². The highest BCUT2D eigenvalue weighted by Crippen LogP contribution is 2.42. The molecule has 0 aliphatic carbocycles. The Balaban J connectivity index is 1.55. The number of anilines is 1. The van der Waals surface area contributed by atoms with E-state index in [-0.39, 0.29) is 6.04 Å². The Kier molecular flexibility index (Phi) is 4.11. The van der Waals surface area contributed by atoms with Crippen LogP contribution in [-0.2, 0) is 11.3 Å². The molecule has 4 heterocycles. The normalized spacial score (nSPS) is 18.2. The Morgan fingerprint density at radius 2 is 2.17 bits per heavy atom. The van der Waals surface area contributed by atoms with E-state index in [1.807, 2.05) is 26.0 Å². The molecule has 5 rings (SSSR count). The maximum Gasteiger partial charge on any atom is 0.407 e. The fourth-order valence-electron chi connectivity index (χ4n) is 4.37. The summed E-state index contributed by atoms with van der Waals surface area (Å²) >= 11 is 0. The Morgan fingerprint density at radius 1 is 1.31 bits per heavy atom. The van der Waals surface area contributed by atoms with Gasteiger partial charge in [0.1, 0.15) is 17.9 Å². The van der Waals surface area contributed by atoms with E-state index in [0.717, 1.165) is 64.8 Å². The first-order valence-corrected chi connectivity index (χ1v) is 9.75. The van der Waals surface area contributed by atoms with Gasteiger partial charge in [-0.15, -0.1) is 0 Å². The van der Waals surface area contributed by atoms with E-state index >= 15 is 0 Å². The number of hydrogen-bond acceptors (Lipinski definition) is 7. The van der Waals surface area contributed by atoms with Crippen LogP contribution in [0.5, 0.6) is 5.75 Å². The molecule has 9 heteroatoms. The number of nitrogens with zero attached hydrogens (tertiary/aromatic N) is 4. The summed E-state index contributed by atoms with van der Waals surface area (Å²) in [7, 11) is 1.38. The molecule has 1 unspecified atom stereocenters. The van der Waals surface area contributed by atoms with Gasteiger partial charge in [-0.3, -0.25) is 0 Å². The summed E-state index contributed by atoms with van der Waals surface area (Å²) < 4.78 is 18.4. The van der Waals surface area contributed by atoms with Gasteiger partial charge in [-0.05, 0) is 32.4 Å². The Morgan fingerprint density at radius 3 is 2.93 bits per heavy atom. The first kappa shape index (κ1) is 17.8. The largest absolute Gasteiger partial charge is 0.489 e. The number of aromatic nitrogens is 3. The minimum absolute atomic E-state index is 0.0484. The van der Waals surface area contributed by atoms with Crippen molar-refractivity contribution < 1.29 is 18.8 Å². The summed E-state index contributed by atoms with van der Waals surface area (Å²) in [6.45, 7) is 6.68. The van der Waals surface area contributed by atoms with Crippen molar-refractivity contribution in [1.82, 2.24) is 20.0 Å². The lowest BCUT2D eigenvalue weighted by Gasteiger charge is -2.23. The molecule has 2 aliphatic rings. The van der Waals surface area contributed by atoms with Crippen LogP contribution in [0.15, 0.2) is 16.7 Å². The van der Waals surface area contributed by atoms with Crippen molar-refractivity contribution in [3.63, 3.8) is 0 Å². The summed E-state index contributed by atoms with van der Waals surface area (Å²) in [4.78, 5) is 18.6. The van der Waals surface area contributed by atoms with Crippen LogP contribution in [0, 0.1) is 13.8 Å². The average molecular weight is 397 g/mol. The number of amides is 1. The highest BCUT2D eigenvalue weighted by Gasteiger charge is 2.31. The molecule has 2 aliphatic heterocycles. The number of hydrogen-bond donors (Lipinski definition) is 1. The van der Waals surface area contributed by atoms with Gasteiger partial charge in [0.05, 0.1) is 36.5 Å². The van der Waals surface area contributed by atoms with E-state index in [1.54, 1.807) is 0 Å². The van der Waals surface area contributed by atoms with Gasteiger partial charge in [0, 0.05) is 18.7 Å². The summed E-state index contributed by atoms with van der Waals surface area (Å²) in [6.07, 6.45) is 0.456. The molecule has 1 aromatic carbocycles. The number of alkyl carbamates (subject to hydrolysis) is 1. The molecule has 29 heavy (non-hydrogen) atoms. The summed E-state index contributed by atoms with van der Waals surface area (Å²) in [6, 6.07) is 4.10. The van der Waals surface area contributed by atoms with E-state index in [0.29, 0.717) is 13.2 Å². The van der Waals surface area contributed by atoms with E-state index in [1.165, 1.54) is 7.11 Å². The van der Waals surface area contributed by atoms with Crippen molar-refractivity contribution in [3.8, 4) is 16.9 Å². The summed E-state index contributed by atoms with van der Waals surface area (Å²) in [5.41, 5.74) is 4.69. The quantitative estimate of drug-likeness (QED) is 0.726.